The molecule has 2 aromatic rings. The molecule has 1 fully saturated rings. The van der Waals surface area contributed by atoms with E-state index in [-0.39, 0.29) is 5.56 Å². The molecule has 2 heterocycles. The Labute approximate surface area is 135 Å². The van der Waals surface area contributed by atoms with Crippen molar-refractivity contribution in [3.63, 3.8) is 0 Å². The second-order valence-corrected chi connectivity index (χ2v) is 5.64. The van der Waals surface area contributed by atoms with Gasteiger partial charge in [-0.15, -0.1) is 0 Å². The first-order valence-electron chi connectivity index (χ1n) is 7.90. The molecule has 6 nitrogen and oxygen atoms in total. The summed E-state index contributed by atoms with van der Waals surface area (Å²) in [5, 5.41) is 12.3. The molecule has 0 spiro atoms. The van der Waals surface area contributed by atoms with Crippen molar-refractivity contribution < 1.29 is 9.90 Å². The van der Waals surface area contributed by atoms with Crippen molar-refractivity contribution in [2.45, 2.75) is 25.7 Å². The number of nitrogens with one attached hydrogen (secondary N) is 1. The van der Waals surface area contributed by atoms with Crippen molar-refractivity contribution in [2.24, 2.45) is 0 Å². The summed E-state index contributed by atoms with van der Waals surface area (Å²) in [5.74, 6) is 0.528. The maximum atomic E-state index is 11.3. The van der Waals surface area contributed by atoms with E-state index in [1.165, 1.54) is 32.0 Å². The summed E-state index contributed by atoms with van der Waals surface area (Å²) in [6.45, 7) is 2.00. The largest absolute Gasteiger partial charge is 0.478 e. The van der Waals surface area contributed by atoms with Crippen LogP contribution in [0.5, 0.6) is 0 Å². The van der Waals surface area contributed by atoms with E-state index in [2.05, 4.69) is 20.2 Å². The van der Waals surface area contributed by atoms with Crippen LogP contribution in [0.2, 0.25) is 0 Å². The Morgan fingerprint density at radius 2 is 1.83 bits per heavy atom. The van der Waals surface area contributed by atoms with E-state index in [9.17, 15) is 9.90 Å². The van der Waals surface area contributed by atoms with Crippen molar-refractivity contribution in [2.75, 3.05) is 23.3 Å². The number of nitrogens with zero attached hydrogens (tertiary/aromatic N) is 3. The summed E-state index contributed by atoms with van der Waals surface area (Å²) >= 11 is 0. The third-order valence-corrected chi connectivity index (χ3v) is 4.00. The highest BCUT2D eigenvalue weighted by Gasteiger charge is 2.13. The maximum absolute atomic E-state index is 11.3. The van der Waals surface area contributed by atoms with Crippen LogP contribution in [0.25, 0.3) is 0 Å². The van der Waals surface area contributed by atoms with E-state index >= 15 is 0 Å². The highest BCUT2D eigenvalue weighted by atomic mass is 16.4. The van der Waals surface area contributed by atoms with Gasteiger partial charge in [-0.25, -0.2) is 14.8 Å². The number of para-hydroxylation sites is 1. The van der Waals surface area contributed by atoms with E-state index < -0.39 is 5.97 Å². The number of benzene rings is 1. The molecule has 2 N–H and O–H groups in total. The number of carbonyl (C=O) groups is 1. The number of aromatic nitrogens is 2. The number of rotatable bonds is 4. The van der Waals surface area contributed by atoms with E-state index in [4.69, 9.17) is 0 Å². The number of hydrogen-bond donors (Lipinski definition) is 2. The molecule has 0 unspecified atom stereocenters. The van der Waals surface area contributed by atoms with Crippen LogP contribution in [0.4, 0.5) is 17.3 Å². The molecule has 1 aromatic heterocycles. The Morgan fingerprint density at radius 1 is 1.09 bits per heavy atom. The fourth-order valence-electron chi connectivity index (χ4n) is 2.80. The smallest absolute Gasteiger partial charge is 0.337 e. The maximum Gasteiger partial charge on any atom is 0.337 e. The van der Waals surface area contributed by atoms with Crippen LogP contribution in [-0.2, 0) is 0 Å². The Morgan fingerprint density at radius 3 is 2.57 bits per heavy atom. The second kappa shape index (κ2) is 7.09. The minimum atomic E-state index is -0.963. The predicted octanol–water partition coefficient (Wildman–Crippen LogP) is 3.30. The topological polar surface area (TPSA) is 78.4 Å². The Bertz CT molecular complexity index is 682. The zero-order chi connectivity index (χ0) is 16.1. The molecule has 0 saturated carbocycles. The molecule has 1 aromatic carbocycles. The minimum Gasteiger partial charge on any atom is -0.478 e. The van der Waals surface area contributed by atoms with Crippen LogP contribution in [0.3, 0.4) is 0 Å². The van der Waals surface area contributed by atoms with Crippen molar-refractivity contribution in [3.05, 3.63) is 42.2 Å². The van der Waals surface area contributed by atoms with Crippen LogP contribution >= 0.6 is 0 Å². The molecular weight excluding hydrogens is 292 g/mol. The van der Waals surface area contributed by atoms with Gasteiger partial charge in [0, 0.05) is 19.2 Å². The summed E-state index contributed by atoms with van der Waals surface area (Å²) in [6.07, 6.45) is 6.40. The van der Waals surface area contributed by atoms with Gasteiger partial charge in [-0.1, -0.05) is 25.0 Å². The highest BCUT2D eigenvalue weighted by Crippen LogP contribution is 2.23. The molecule has 120 valence electrons. The Hall–Kier alpha value is -2.63. The van der Waals surface area contributed by atoms with Crippen LogP contribution in [0, 0.1) is 0 Å². The minimum absolute atomic E-state index is 0.224. The fourth-order valence-corrected chi connectivity index (χ4v) is 2.80. The lowest BCUT2D eigenvalue weighted by molar-refractivity contribution is 0.0698. The van der Waals surface area contributed by atoms with Gasteiger partial charge in [0.15, 0.2) is 0 Å². The summed E-state index contributed by atoms with van der Waals surface area (Å²) in [6, 6.07) is 8.69. The Balaban J connectivity index is 1.81. The van der Waals surface area contributed by atoms with E-state index in [0.717, 1.165) is 18.9 Å². The first-order valence-corrected chi connectivity index (χ1v) is 7.90. The van der Waals surface area contributed by atoms with Gasteiger partial charge in [-0.05, 0) is 25.0 Å². The van der Waals surface area contributed by atoms with E-state index in [1.54, 1.807) is 24.3 Å². The quantitative estimate of drug-likeness (QED) is 0.902. The van der Waals surface area contributed by atoms with Crippen molar-refractivity contribution >= 4 is 23.3 Å². The SMILES string of the molecule is O=C(O)c1ccccc1Nc1cc(N2CCCCCC2)ncn1. The molecule has 1 saturated heterocycles. The molecule has 6 heteroatoms. The van der Waals surface area contributed by atoms with Gasteiger partial charge in [0.05, 0.1) is 11.3 Å². The van der Waals surface area contributed by atoms with Gasteiger partial charge in [0.1, 0.15) is 18.0 Å². The average molecular weight is 312 g/mol. The first-order chi connectivity index (χ1) is 11.2. The Kier molecular flexibility index (Phi) is 4.71. The number of hydrogen-bond acceptors (Lipinski definition) is 5. The molecule has 0 aliphatic carbocycles. The molecule has 1 aliphatic rings. The zero-order valence-electron chi connectivity index (χ0n) is 12.9. The van der Waals surface area contributed by atoms with Crippen LogP contribution < -0.4 is 10.2 Å². The molecular formula is C17H20N4O2. The third-order valence-electron chi connectivity index (χ3n) is 4.00. The molecule has 0 amide bonds. The van der Waals surface area contributed by atoms with Gasteiger partial charge in [0.25, 0.3) is 0 Å². The molecule has 3 rings (SSSR count). The second-order valence-electron chi connectivity index (χ2n) is 5.64. The molecule has 0 atom stereocenters. The van der Waals surface area contributed by atoms with Crippen LogP contribution in [0.1, 0.15) is 36.0 Å². The number of carboxylic acids is 1. The van der Waals surface area contributed by atoms with Gasteiger partial charge < -0.3 is 15.3 Å². The number of carboxylic acid groups (broad SMARTS) is 1. The van der Waals surface area contributed by atoms with Gasteiger partial charge >= 0.3 is 5.97 Å². The van der Waals surface area contributed by atoms with E-state index in [1.807, 2.05) is 6.07 Å². The lowest BCUT2D eigenvalue weighted by Crippen LogP contribution is -2.25. The van der Waals surface area contributed by atoms with Crippen LogP contribution in [0.15, 0.2) is 36.7 Å². The predicted molar refractivity (Wildman–Crippen MR) is 89.4 cm³/mol. The fraction of sp³-hybridized carbons (Fsp3) is 0.353. The van der Waals surface area contributed by atoms with Crippen LogP contribution in [-0.4, -0.2) is 34.1 Å². The number of anilines is 3. The standard InChI is InChI=1S/C17H20N4O2/c22-17(23)13-7-3-4-8-14(13)20-15-11-16(19-12-18-15)21-9-5-1-2-6-10-21/h3-4,7-8,11-12H,1-2,5-6,9-10H2,(H,22,23)(H,18,19,20). The molecule has 23 heavy (non-hydrogen) atoms. The van der Waals surface area contributed by atoms with Gasteiger partial charge in [-0.2, -0.15) is 0 Å². The number of aromatic carboxylic acids is 1. The summed E-state index contributed by atoms with van der Waals surface area (Å²) < 4.78 is 0. The zero-order valence-corrected chi connectivity index (χ0v) is 12.9. The first kappa shape index (κ1) is 15.3. The normalized spacial score (nSPS) is 15.0. The third kappa shape index (κ3) is 3.77. The summed E-state index contributed by atoms with van der Waals surface area (Å²) in [4.78, 5) is 22.1. The van der Waals surface area contributed by atoms with Gasteiger partial charge in [-0.3, -0.25) is 0 Å². The highest BCUT2D eigenvalue weighted by molar-refractivity contribution is 5.95. The van der Waals surface area contributed by atoms with Crippen molar-refractivity contribution in [1.29, 1.82) is 0 Å². The molecule has 1 aliphatic heterocycles. The van der Waals surface area contributed by atoms with Crippen molar-refractivity contribution in [1.82, 2.24) is 9.97 Å². The lowest BCUT2D eigenvalue weighted by Gasteiger charge is -2.21. The molecule has 0 radical (unpaired) electrons. The molecule has 0 bridgehead atoms. The van der Waals surface area contributed by atoms with Gasteiger partial charge in [0.2, 0.25) is 0 Å². The summed E-state index contributed by atoms with van der Waals surface area (Å²) in [5.41, 5.74) is 0.753. The monoisotopic (exact) mass is 312 g/mol. The lowest BCUT2D eigenvalue weighted by atomic mass is 10.2. The van der Waals surface area contributed by atoms with Crippen molar-refractivity contribution in [3.8, 4) is 0 Å². The average Bonchev–Trinajstić information content (AvgIpc) is 2.85. The van der Waals surface area contributed by atoms with E-state index in [0.29, 0.717) is 11.5 Å². The summed E-state index contributed by atoms with van der Waals surface area (Å²) in [7, 11) is 0.